The molecule has 0 radical (unpaired) electrons. The molecule has 5 heterocycles. The lowest BCUT2D eigenvalue weighted by molar-refractivity contribution is 0.442. The standard InChI is InChI=1S/C97H79N3O3/c1-55(2)59-48-78-68-42-38-62(98(60-40-44-82-75(50-60)66-25-13-15-33-80(66)96(82,3)4)85-35-19-31-72-70-29-17-27-64(92(70)102-94(72)85)56-21-9-7-10-22-56)52-87(68)100-84-46-37-58-47-77-69-43-39-63(53-88(69)101-89(77)54-74(58)90(84)79(49-59)91(78)100)99(61-41-45-83-76(51-61)67-26-14-16-34-81(67)97(83,5)6)86-36-20-32-73-71-30-18-28-65(93(71)103-95(73)86)57-23-11-8-12-24-57/h13-20,25-57H,7-12,21-24H2,1-6H3. The Morgan fingerprint density at radius 1 is 0.350 bits per heavy atom. The predicted molar refractivity (Wildman–Crippen MR) is 431 cm³/mol. The maximum absolute atomic E-state index is 7.40. The molecule has 0 bridgehead atoms. The summed E-state index contributed by atoms with van der Waals surface area (Å²) in [6.45, 7) is 14.1. The van der Waals surface area contributed by atoms with Gasteiger partial charge in [-0.25, -0.2) is 0 Å². The second-order valence-electron chi connectivity index (χ2n) is 32.1. The molecule has 6 nitrogen and oxygen atoms in total. The number of para-hydroxylation sites is 4. The third kappa shape index (κ3) is 8.44. The Labute approximate surface area is 598 Å². The first-order valence-corrected chi connectivity index (χ1v) is 37.9. The molecule has 22 rings (SSSR count). The minimum absolute atomic E-state index is 0.130. The molecular weight excluding hydrogens is 1260 g/mol. The van der Waals surface area contributed by atoms with Crippen LogP contribution in [-0.4, -0.2) is 4.40 Å². The molecule has 0 atom stereocenters. The molecule has 2 fully saturated rings. The number of aromatic nitrogens is 1. The summed E-state index contributed by atoms with van der Waals surface area (Å²) in [6.07, 6.45) is 12.5. The summed E-state index contributed by atoms with van der Waals surface area (Å²) in [5.74, 6) is 1.30. The molecular formula is C97H79N3O3. The Bertz CT molecular complexity index is 6650. The SMILES string of the molecule is CC(C)c1cc2c3ccc(N(c4ccc5c(c4)-c4ccccc4C5(C)C)c4cccc5c4oc4c(C6CCCCC6)cccc45)cc3n3c4ccc5cc6c(cc5c4c(c1)c23)oc1cc(N(c2ccc3c(c2)-c2ccccc2C3(C)C)c2cccc3c2oc2c(C4CCCCC4)cccc23)ccc16. The molecule has 6 heteroatoms. The lowest BCUT2D eigenvalue weighted by Crippen LogP contribution is -2.15. The maximum atomic E-state index is 7.40. The number of hydrogen-bond acceptors (Lipinski definition) is 5. The van der Waals surface area contributed by atoms with E-state index < -0.39 is 0 Å². The summed E-state index contributed by atoms with van der Waals surface area (Å²) >= 11 is 0. The van der Waals surface area contributed by atoms with Crippen molar-refractivity contribution in [3.05, 3.63) is 269 Å². The van der Waals surface area contributed by atoms with Gasteiger partial charge in [0.2, 0.25) is 0 Å². The van der Waals surface area contributed by atoms with Gasteiger partial charge in [-0.15, -0.1) is 0 Å². The van der Waals surface area contributed by atoms with Gasteiger partial charge in [0.15, 0.2) is 11.2 Å². The van der Waals surface area contributed by atoms with Crippen LogP contribution in [0.25, 0.3) is 137 Å². The minimum Gasteiger partial charge on any atom is -0.456 e. The van der Waals surface area contributed by atoms with E-state index in [1.54, 1.807) is 0 Å². The van der Waals surface area contributed by atoms with Crippen LogP contribution < -0.4 is 9.80 Å². The highest BCUT2D eigenvalue weighted by Gasteiger charge is 2.39. The van der Waals surface area contributed by atoms with Gasteiger partial charge in [-0.1, -0.05) is 214 Å². The average Bonchev–Trinajstić information content (AvgIpc) is 1.53. The summed E-state index contributed by atoms with van der Waals surface area (Å²) < 4.78 is 24.6. The van der Waals surface area contributed by atoms with Crippen molar-refractivity contribution in [3.8, 4) is 22.3 Å². The Kier molecular flexibility index (Phi) is 12.6. The summed E-state index contributed by atoms with van der Waals surface area (Å²) in [7, 11) is 0. The number of fused-ring (bicyclic) bond motifs is 23. The molecule has 2 saturated carbocycles. The molecule has 4 aliphatic rings. The van der Waals surface area contributed by atoms with E-state index in [4.69, 9.17) is 13.3 Å². The Morgan fingerprint density at radius 3 is 1.41 bits per heavy atom. The largest absolute Gasteiger partial charge is 0.456 e. The van der Waals surface area contributed by atoms with Crippen LogP contribution in [-0.2, 0) is 10.8 Å². The first-order chi connectivity index (χ1) is 50.4. The molecule has 0 spiro atoms. The zero-order valence-corrected chi connectivity index (χ0v) is 59.3. The van der Waals surface area contributed by atoms with Gasteiger partial charge in [0.05, 0.1) is 33.6 Å². The zero-order valence-electron chi connectivity index (χ0n) is 59.3. The van der Waals surface area contributed by atoms with E-state index in [2.05, 4.69) is 286 Å². The highest BCUT2D eigenvalue weighted by Crippen LogP contribution is 2.56. The topological polar surface area (TPSA) is 50.3 Å². The molecule has 4 aliphatic carbocycles. The molecule has 0 aliphatic heterocycles. The highest BCUT2D eigenvalue weighted by molar-refractivity contribution is 6.30. The number of benzene rings is 13. The van der Waals surface area contributed by atoms with E-state index in [9.17, 15) is 0 Å². The van der Waals surface area contributed by atoms with Crippen LogP contribution >= 0.6 is 0 Å². The summed E-state index contributed by atoms with van der Waals surface area (Å²) in [5.41, 5.74) is 29.8. The van der Waals surface area contributed by atoms with Crippen molar-refractivity contribution in [2.24, 2.45) is 0 Å². The lowest BCUT2D eigenvalue weighted by Gasteiger charge is -2.27. The van der Waals surface area contributed by atoms with Crippen LogP contribution in [0.1, 0.15) is 162 Å². The van der Waals surface area contributed by atoms with Gasteiger partial charge in [0.25, 0.3) is 0 Å². The monoisotopic (exact) mass is 1330 g/mol. The fourth-order valence-corrected chi connectivity index (χ4v) is 20.3. The minimum atomic E-state index is -0.133. The second-order valence-corrected chi connectivity index (χ2v) is 32.1. The van der Waals surface area contributed by atoms with Crippen molar-refractivity contribution in [1.29, 1.82) is 0 Å². The van der Waals surface area contributed by atoms with E-state index >= 15 is 0 Å². The van der Waals surface area contributed by atoms with Crippen molar-refractivity contribution < 1.29 is 13.3 Å². The molecule has 0 saturated heterocycles. The first-order valence-electron chi connectivity index (χ1n) is 37.9. The summed E-state index contributed by atoms with van der Waals surface area (Å²) in [5, 5.41) is 14.2. The van der Waals surface area contributed by atoms with Crippen molar-refractivity contribution in [3.63, 3.8) is 0 Å². The third-order valence-corrected chi connectivity index (χ3v) is 25.4. The Morgan fingerprint density at radius 2 is 0.835 bits per heavy atom. The van der Waals surface area contributed by atoms with Gasteiger partial charge in [-0.05, 0) is 206 Å². The van der Waals surface area contributed by atoms with Crippen LogP contribution in [0.15, 0.2) is 244 Å². The van der Waals surface area contributed by atoms with Crippen LogP contribution in [0.2, 0.25) is 0 Å². The number of rotatable bonds is 9. The second kappa shape index (κ2) is 21.7. The van der Waals surface area contributed by atoms with E-state index in [-0.39, 0.29) is 10.8 Å². The van der Waals surface area contributed by atoms with Crippen LogP contribution in [0.3, 0.4) is 0 Å². The molecule has 103 heavy (non-hydrogen) atoms. The third-order valence-electron chi connectivity index (χ3n) is 25.4. The van der Waals surface area contributed by atoms with Gasteiger partial charge >= 0.3 is 0 Å². The van der Waals surface area contributed by atoms with Crippen molar-refractivity contribution in [1.82, 2.24) is 4.40 Å². The molecule has 0 unspecified atom stereocenters. The molecule has 0 amide bonds. The fourth-order valence-electron chi connectivity index (χ4n) is 20.3. The van der Waals surface area contributed by atoms with Gasteiger partial charge < -0.3 is 27.5 Å². The van der Waals surface area contributed by atoms with E-state index in [0.29, 0.717) is 17.8 Å². The zero-order chi connectivity index (χ0) is 68.5. The molecule has 13 aromatic carbocycles. The molecule has 5 aromatic heterocycles. The van der Waals surface area contributed by atoms with Gasteiger partial charge in [-0.3, -0.25) is 0 Å². The van der Waals surface area contributed by atoms with Crippen molar-refractivity contribution >= 4 is 149 Å². The smallest absolute Gasteiger partial charge is 0.159 e. The van der Waals surface area contributed by atoms with Gasteiger partial charge in [-0.2, -0.15) is 0 Å². The van der Waals surface area contributed by atoms with Gasteiger partial charge in [0, 0.05) is 87.8 Å². The number of anilines is 6. The molecule has 500 valence electrons. The average molecular weight is 1330 g/mol. The van der Waals surface area contributed by atoms with Crippen LogP contribution in [0.5, 0.6) is 0 Å². The first kappa shape index (κ1) is 59.6. The van der Waals surface area contributed by atoms with Crippen molar-refractivity contribution in [2.75, 3.05) is 9.80 Å². The van der Waals surface area contributed by atoms with Crippen LogP contribution in [0, 0.1) is 0 Å². The van der Waals surface area contributed by atoms with Crippen LogP contribution in [0.4, 0.5) is 34.1 Å². The normalized spacial score (nSPS) is 16.0. The van der Waals surface area contributed by atoms with E-state index in [0.717, 1.165) is 89.2 Å². The number of furan rings is 3. The van der Waals surface area contributed by atoms with E-state index in [1.165, 1.54) is 185 Å². The summed E-state index contributed by atoms with van der Waals surface area (Å²) in [4.78, 5) is 4.91. The Balaban J connectivity index is 0.731. The maximum Gasteiger partial charge on any atom is 0.159 e. The molecule has 18 aromatic rings. The number of nitrogens with zero attached hydrogens (tertiary/aromatic N) is 3. The quantitative estimate of drug-likeness (QED) is 0.144. The Hall–Kier alpha value is -11.1. The van der Waals surface area contributed by atoms with Crippen molar-refractivity contribution in [2.45, 2.75) is 134 Å². The van der Waals surface area contributed by atoms with E-state index in [1.807, 2.05) is 0 Å². The summed E-state index contributed by atoms with van der Waals surface area (Å²) in [6, 6.07) is 87.9. The fraction of sp³-hybridized carbons (Fsp3) is 0.216. The predicted octanol–water partition coefficient (Wildman–Crippen LogP) is 28.5. The molecule has 0 N–H and O–H groups in total. The van der Waals surface area contributed by atoms with Gasteiger partial charge in [0.1, 0.15) is 22.3 Å². The lowest BCUT2D eigenvalue weighted by atomic mass is 9.82. The number of hydrogen-bond donors (Lipinski definition) is 0. The highest BCUT2D eigenvalue weighted by atomic mass is 16.3.